The minimum atomic E-state index is -3.32. The highest BCUT2D eigenvalue weighted by atomic mass is 32.2. The van der Waals surface area contributed by atoms with Crippen molar-refractivity contribution in [3.63, 3.8) is 0 Å². The topological polar surface area (TPSA) is 72.9 Å². The Morgan fingerprint density at radius 3 is 2.53 bits per heavy atom. The molecule has 100 valence electrons. The maximum absolute atomic E-state index is 12.1. The summed E-state index contributed by atoms with van der Waals surface area (Å²) in [5.74, 6) is -0.404. The molecule has 0 amide bonds. The maximum atomic E-state index is 12.1. The summed E-state index contributed by atoms with van der Waals surface area (Å²) in [5.41, 5.74) is 0. The highest BCUT2D eigenvalue weighted by Gasteiger charge is 2.31. The first-order valence-electron chi connectivity index (χ1n) is 5.58. The summed E-state index contributed by atoms with van der Waals surface area (Å²) in [5, 5.41) is -0.390. The van der Waals surface area contributed by atoms with Gasteiger partial charge >= 0.3 is 5.97 Å². The van der Waals surface area contributed by atoms with Gasteiger partial charge in [-0.2, -0.15) is 0 Å². The summed E-state index contributed by atoms with van der Waals surface area (Å²) >= 11 is 0. The molecule has 0 atom stereocenters. The van der Waals surface area contributed by atoms with Gasteiger partial charge in [-0.05, 0) is 12.8 Å². The average Bonchev–Trinajstić information content (AvgIpc) is 2.36. The zero-order valence-electron chi connectivity index (χ0n) is 10.2. The van der Waals surface area contributed by atoms with Crippen LogP contribution in [0.5, 0.6) is 0 Å². The number of nitrogens with zero attached hydrogens (tertiary/aromatic N) is 1. The molecule has 0 saturated carbocycles. The molecule has 1 aliphatic rings. The molecule has 1 fully saturated rings. The smallest absolute Gasteiger partial charge is 0.306 e. The highest BCUT2D eigenvalue weighted by Crippen LogP contribution is 2.18. The van der Waals surface area contributed by atoms with Crippen LogP contribution in [0, 0.1) is 0 Å². The van der Waals surface area contributed by atoms with Crippen molar-refractivity contribution in [3.8, 4) is 0 Å². The number of esters is 1. The number of carbonyl (C=O) groups excluding carboxylic acids is 1. The summed E-state index contributed by atoms with van der Waals surface area (Å²) in [6, 6.07) is 0. The molecular weight excluding hydrogens is 246 g/mol. The van der Waals surface area contributed by atoms with Gasteiger partial charge in [-0.25, -0.2) is 12.7 Å². The predicted octanol–water partition coefficient (Wildman–Crippen LogP) is -0.00990. The minimum Gasteiger partial charge on any atom is -0.469 e. The maximum Gasteiger partial charge on any atom is 0.306 e. The quantitative estimate of drug-likeness (QED) is 0.654. The Kier molecular flexibility index (Phi) is 5.35. The Morgan fingerprint density at radius 2 is 2.00 bits per heavy atom. The molecule has 7 heteroatoms. The van der Waals surface area contributed by atoms with Crippen molar-refractivity contribution >= 4 is 16.0 Å². The van der Waals surface area contributed by atoms with Crippen molar-refractivity contribution in [1.29, 1.82) is 0 Å². The second kappa shape index (κ2) is 6.32. The Hall–Kier alpha value is -0.660. The fourth-order valence-electron chi connectivity index (χ4n) is 1.71. The number of carbonyl (C=O) groups is 1. The first-order valence-corrected chi connectivity index (χ1v) is 7.08. The second-order valence-electron chi connectivity index (χ2n) is 4.00. The van der Waals surface area contributed by atoms with E-state index in [1.807, 2.05) is 0 Å². The largest absolute Gasteiger partial charge is 0.469 e. The predicted molar refractivity (Wildman–Crippen MR) is 62.0 cm³/mol. The van der Waals surface area contributed by atoms with E-state index in [-0.39, 0.29) is 18.2 Å². The summed E-state index contributed by atoms with van der Waals surface area (Å²) in [6.07, 6.45) is 1.12. The third-order valence-electron chi connectivity index (χ3n) is 2.88. The van der Waals surface area contributed by atoms with Gasteiger partial charge in [0.05, 0.1) is 18.8 Å². The molecule has 0 bridgehead atoms. The van der Waals surface area contributed by atoms with Gasteiger partial charge in [0.1, 0.15) is 0 Å². The van der Waals surface area contributed by atoms with Crippen molar-refractivity contribution < 1.29 is 22.7 Å². The number of methoxy groups -OCH3 is 1. The van der Waals surface area contributed by atoms with E-state index in [4.69, 9.17) is 4.74 Å². The molecule has 1 saturated heterocycles. The van der Waals surface area contributed by atoms with Crippen molar-refractivity contribution in [1.82, 2.24) is 4.31 Å². The molecule has 1 rings (SSSR count). The number of sulfonamides is 1. The van der Waals surface area contributed by atoms with Crippen LogP contribution in [0.3, 0.4) is 0 Å². The van der Waals surface area contributed by atoms with Gasteiger partial charge in [0.15, 0.2) is 0 Å². The molecule has 0 aromatic heterocycles. The van der Waals surface area contributed by atoms with Crippen molar-refractivity contribution in [3.05, 3.63) is 0 Å². The van der Waals surface area contributed by atoms with E-state index >= 15 is 0 Å². The molecule has 17 heavy (non-hydrogen) atoms. The summed E-state index contributed by atoms with van der Waals surface area (Å²) in [6.45, 7) is 1.12. The van der Waals surface area contributed by atoms with E-state index in [1.165, 1.54) is 18.5 Å². The van der Waals surface area contributed by atoms with Crippen LogP contribution in [0.2, 0.25) is 0 Å². The first kappa shape index (κ1) is 14.4. The van der Waals surface area contributed by atoms with Crippen LogP contribution in [0.4, 0.5) is 0 Å². The van der Waals surface area contributed by atoms with Crippen LogP contribution in [0.25, 0.3) is 0 Å². The number of hydrogen-bond acceptors (Lipinski definition) is 5. The number of hydrogen-bond donors (Lipinski definition) is 0. The van der Waals surface area contributed by atoms with Crippen LogP contribution in [0.1, 0.15) is 19.3 Å². The number of ether oxygens (including phenoxy) is 2. The Bertz CT molecular complexity index is 348. The molecule has 1 heterocycles. The zero-order chi connectivity index (χ0) is 12.9. The van der Waals surface area contributed by atoms with Crippen molar-refractivity contribution in [2.24, 2.45) is 0 Å². The van der Waals surface area contributed by atoms with E-state index in [0.29, 0.717) is 26.1 Å². The minimum absolute atomic E-state index is 0.0788. The Morgan fingerprint density at radius 1 is 1.41 bits per heavy atom. The molecule has 0 aromatic carbocycles. The summed E-state index contributed by atoms with van der Waals surface area (Å²) in [7, 11) is -0.540. The zero-order valence-corrected chi connectivity index (χ0v) is 11.0. The van der Waals surface area contributed by atoms with Crippen LogP contribution < -0.4 is 0 Å². The monoisotopic (exact) mass is 265 g/mol. The molecule has 0 aliphatic carbocycles. The molecule has 0 unspecified atom stereocenters. The van der Waals surface area contributed by atoms with Gasteiger partial charge in [0, 0.05) is 26.8 Å². The van der Waals surface area contributed by atoms with Crippen molar-refractivity contribution in [2.45, 2.75) is 24.5 Å². The molecule has 0 radical (unpaired) electrons. The van der Waals surface area contributed by atoms with Crippen LogP contribution in [-0.4, -0.2) is 57.9 Å². The SMILES string of the molecule is COC(=O)CCN(C)S(=O)(=O)C1CCOCC1. The average molecular weight is 265 g/mol. The lowest BCUT2D eigenvalue weighted by molar-refractivity contribution is -0.140. The van der Waals surface area contributed by atoms with E-state index in [1.54, 1.807) is 0 Å². The third-order valence-corrected chi connectivity index (χ3v) is 5.25. The van der Waals surface area contributed by atoms with Gasteiger partial charge in [0.25, 0.3) is 0 Å². The summed E-state index contributed by atoms with van der Waals surface area (Å²) in [4.78, 5) is 11.0. The van der Waals surface area contributed by atoms with Crippen LogP contribution >= 0.6 is 0 Å². The van der Waals surface area contributed by atoms with Crippen LogP contribution in [0.15, 0.2) is 0 Å². The molecule has 6 nitrogen and oxygen atoms in total. The lowest BCUT2D eigenvalue weighted by atomic mass is 10.2. The molecule has 0 spiro atoms. The third kappa shape index (κ3) is 3.93. The van der Waals surface area contributed by atoms with Gasteiger partial charge in [-0.15, -0.1) is 0 Å². The van der Waals surface area contributed by atoms with Crippen LogP contribution in [-0.2, 0) is 24.3 Å². The van der Waals surface area contributed by atoms with Gasteiger partial charge in [-0.1, -0.05) is 0 Å². The number of rotatable bonds is 5. The summed E-state index contributed by atoms with van der Waals surface area (Å²) < 4.78 is 35.1. The van der Waals surface area contributed by atoms with Crippen molar-refractivity contribution in [2.75, 3.05) is 33.9 Å². The fourth-order valence-corrected chi connectivity index (χ4v) is 3.35. The first-order chi connectivity index (χ1) is 7.98. The van der Waals surface area contributed by atoms with E-state index in [2.05, 4.69) is 4.74 Å². The van der Waals surface area contributed by atoms with Gasteiger partial charge in [-0.3, -0.25) is 4.79 Å². The second-order valence-corrected chi connectivity index (χ2v) is 6.32. The molecule has 0 N–H and O–H groups in total. The standard InChI is InChI=1S/C10H19NO5S/c1-11(6-3-10(12)15-2)17(13,14)9-4-7-16-8-5-9/h9H,3-8H2,1-2H3. The van der Waals surface area contributed by atoms with E-state index in [9.17, 15) is 13.2 Å². The normalized spacial score (nSPS) is 18.3. The lowest BCUT2D eigenvalue weighted by Gasteiger charge is -2.26. The van der Waals surface area contributed by atoms with E-state index in [0.717, 1.165) is 0 Å². The van der Waals surface area contributed by atoms with E-state index < -0.39 is 16.0 Å². The fraction of sp³-hybridized carbons (Fsp3) is 0.900. The Balaban J connectivity index is 2.53. The molecular formula is C10H19NO5S. The lowest BCUT2D eigenvalue weighted by Crippen LogP contribution is -2.40. The highest BCUT2D eigenvalue weighted by molar-refractivity contribution is 7.89. The molecule has 0 aromatic rings. The molecule has 1 aliphatic heterocycles. The van der Waals surface area contributed by atoms with Gasteiger partial charge < -0.3 is 9.47 Å². The van der Waals surface area contributed by atoms with Gasteiger partial charge in [0.2, 0.25) is 10.0 Å². The Labute approximate surface area is 102 Å².